The van der Waals surface area contributed by atoms with Gasteiger partial charge in [0.25, 0.3) is 5.69 Å². The van der Waals surface area contributed by atoms with Gasteiger partial charge < -0.3 is 10.1 Å². The van der Waals surface area contributed by atoms with Crippen molar-refractivity contribution < 1.29 is 9.66 Å². The first-order valence-electron chi connectivity index (χ1n) is 6.81. The fourth-order valence-corrected chi connectivity index (χ4v) is 2.05. The number of nitro benzene ring substituents is 1. The molecule has 0 spiro atoms. The Labute approximate surface area is 123 Å². The lowest BCUT2D eigenvalue weighted by molar-refractivity contribution is -0.384. The van der Waals surface area contributed by atoms with Crippen molar-refractivity contribution in [1.29, 1.82) is 0 Å². The van der Waals surface area contributed by atoms with Crippen molar-refractivity contribution in [2.45, 2.75) is 20.0 Å². The molecule has 0 aliphatic carbocycles. The molecule has 5 heteroatoms. The van der Waals surface area contributed by atoms with Crippen LogP contribution in [0.5, 0.6) is 5.75 Å². The third kappa shape index (κ3) is 3.72. The highest BCUT2D eigenvalue weighted by Crippen LogP contribution is 2.25. The van der Waals surface area contributed by atoms with Gasteiger partial charge >= 0.3 is 0 Å². The number of anilines is 1. The lowest BCUT2D eigenvalue weighted by Gasteiger charge is -2.09. The molecule has 0 heterocycles. The summed E-state index contributed by atoms with van der Waals surface area (Å²) in [5.41, 5.74) is 2.52. The highest BCUT2D eigenvalue weighted by Gasteiger charge is 2.13. The van der Waals surface area contributed by atoms with Crippen LogP contribution in [0.2, 0.25) is 0 Å². The lowest BCUT2D eigenvalue weighted by atomic mass is 10.1. The van der Waals surface area contributed by atoms with E-state index in [1.807, 2.05) is 30.3 Å². The average molecular weight is 286 g/mol. The summed E-state index contributed by atoms with van der Waals surface area (Å²) in [5.74, 6) is 0.773. The Hall–Kier alpha value is -2.56. The Balaban J connectivity index is 2.12. The first-order chi connectivity index (χ1) is 10.1. The van der Waals surface area contributed by atoms with Crippen LogP contribution in [-0.2, 0) is 13.0 Å². The van der Waals surface area contributed by atoms with Crippen molar-refractivity contribution in [3.05, 3.63) is 63.7 Å². The van der Waals surface area contributed by atoms with E-state index in [1.54, 1.807) is 13.1 Å². The van der Waals surface area contributed by atoms with E-state index in [9.17, 15) is 10.1 Å². The highest BCUT2D eigenvalue weighted by atomic mass is 16.6. The number of ether oxygens (including phenoxy) is 1. The van der Waals surface area contributed by atoms with Crippen molar-refractivity contribution in [2.75, 3.05) is 12.4 Å². The van der Waals surface area contributed by atoms with Crippen LogP contribution >= 0.6 is 0 Å². The molecule has 0 aliphatic heterocycles. The largest absolute Gasteiger partial charge is 0.489 e. The Morgan fingerprint density at radius 1 is 1.19 bits per heavy atom. The van der Waals surface area contributed by atoms with Crippen LogP contribution in [0, 0.1) is 10.1 Å². The molecule has 0 bridgehead atoms. The first kappa shape index (κ1) is 14.8. The molecule has 0 radical (unpaired) electrons. The predicted molar refractivity (Wildman–Crippen MR) is 82.8 cm³/mol. The Bertz CT molecular complexity index is 641. The summed E-state index contributed by atoms with van der Waals surface area (Å²) in [7, 11) is 1.66. The molecule has 2 rings (SSSR count). The molecule has 0 amide bonds. The number of nitrogens with zero attached hydrogens (tertiary/aromatic N) is 1. The minimum Gasteiger partial charge on any atom is -0.489 e. The Morgan fingerprint density at radius 2 is 2.00 bits per heavy atom. The monoisotopic (exact) mass is 286 g/mol. The van der Waals surface area contributed by atoms with Gasteiger partial charge in [-0.3, -0.25) is 10.1 Å². The smallest absolute Gasteiger partial charge is 0.292 e. The first-order valence-corrected chi connectivity index (χ1v) is 6.81. The maximum Gasteiger partial charge on any atom is 0.292 e. The van der Waals surface area contributed by atoms with Gasteiger partial charge in [-0.1, -0.05) is 25.1 Å². The molecular formula is C16H18N2O3. The summed E-state index contributed by atoms with van der Waals surface area (Å²) in [4.78, 5) is 10.6. The normalized spacial score (nSPS) is 10.2. The van der Waals surface area contributed by atoms with Gasteiger partial charge in [-0.15, -0.1) is 0 Å². The van der Waals surface area contributed by atoms with Gasteiger partial charge in [0.2, 0.25) is 0 Å². The van der Waals surface area contributed by atoms with Crippen LogP contribution in [0.1, 0.15) is 18.1 Å². The van der Waals surface area contributed by atoms with E-state index in [0.717, 1.165) is 17.7 Å². The number of benzene rings is 2. The fourth-order valence-electron chi connectivity index (χ4n) is 2.05. The molecule has 2 aromatic rings. The van der Waals surface area contributed by atoms with Crippen LogP contribution in [0.25, 0.3) is 0 Å². The SMILES string of the molecule is CCc1cccc(OCc2ccc(NC)c([N+](=O)[O-])c2)c1. The summed E-state index contributed by atoms with van der Waals surface area (Å²) in [6.07, 6.45) is 0.944. The number of nitro groups is 1. The molecule has 0 unspecified atom stereocenters. The molecule has 0 saturated carbocycles. The predicted octanol–water partition coefficient (Wildman–Crippen LogP) is 3.78. The van der Waals surface area contributed by atoms with Crippen molar-refractivity contribution >= 4 is 11.4 Å². The molecule has 110 valence electrons. The highest BCUT2D eigenvalue weighted by molar-refractivity contribution is 5.62. The van der Waals surface area contributed by atoms with Gasteiger partial charge in [0.05, 0.1) is 4.92 Å². The molecular weight excluding hydrogens is 268 g/mol. The second kappa shape index (κ2) is 6.74. The summed E-state index contributed by atoms with van der Waals surface area (Å²) in [5, 5.41) is 13.8. The van der Waals surface area contributed by atoms with Crippen LogP contribution in [0.4, 0.5) is 11.4 Å². The van der Waals surface area contributed by atoms with Crippen molar-refractivity contribution in [3.63, 3.8) is 0 Å². The number of hydrogen-bond donors (Lipinski definition) is 1. The molecule has 0 fully saturated rings. The third-order valence-corrected chi connectivity index (χ3v) is 3.24. The van der Waals surface area contributed by atoms with Gasteiger partial charge in [-0.25, -0.2) is 0 Å². The summed E-state index contributed by atoms with van der Waals surface area (Å²) >= 11 is 0. The van der Waals surface area contributed by atoms with E-state index in [-0.39, 0.29) is 5.69 Å². The Kier molecular flexibility index (Phi) is 4.77. The Morgan fingerprint density at radius 3 is 2.67 bits per heavy atom. The second-order valence-corrected chi connectivity index (χ2v) is 4.65. The van der Waals surface area contributed by atoms with E-state index in [2.05, 4.69) is 12.2 Å². The molecule has 1 N–H and O–H groups in total. The zero-order chi connectivity index (χ0) is 15.2. The fraction of sp³-hybridized carbons (Fsp3) is 0.250. The maximum atomic E-state index is 11.0. The summed E-state index contributed by atoms with van der Waals surface area (Å²) < 4.78 is 5.70. The summed E-state index contributed by atoms with van der Waals surface area (Å²) in [6, 6.07) is 12.9. The summed E-state index contributed by atoms with van der Waals surface area (Å²) in [6.45, 7) is 2.39. The number of nitrogens with one attached hydrogen (secondary N) is 1. The van der Waals surface area contributed by atoms with Crippen LogP contribution in [0.3, 0.4) is 0 Å². The molecule has 0 saturated heterocycles. The quantitative estimate of drug-likeness (QED) is 0.648. The van der Waals surface area contributed by atoms with E-state index < -0.39 is 4.92 Å². The topological polar surface area (TPSA) is 64.4 Å². The molecule has 0 atom stereocenters. The number of aryl methyl sites for hydroxylation is 1. The number of rotatable bonds is 6. The molecule has 5 nitrogen and oxygen atoms in total. The minimum atomic E-state index is -0.396. The van der Waals surface area contributed by atoms with Gasteiger partial charge in [0.15, 0.2) is 0 Å². The second-order valence-electron chi connectivity index (χ2n) is 4.65. The van der Waals surface area contributed by atoms with Gasteiger partial charge in [0.1, 0.15) is 18.0 Å². The van der Waals surface area contributed by atoms with Gasteiger partial charge in [-0.05, 0) is 35.7 Å². The standard InChI is InChI=1S/C16H18N2O3/c1-3-12-5-4-6-14(9-12)21-11-13-7-8-15(17-2)16(10-13)18(19)20/h4-10,17H,3,11H2,1-2H3. The van der Waals surface area contributed by atoms with Crippen molar-refractivity contribution in [2.24, 2.45) is 0 Å². The van der Waals surface area contributed by atoms with E-state index >= 15 is 0 Å². The maximum absolute atomic E-state index is 11.0. The lowest BCUT2D eigenvalue weighted by Crippen LogP contribution is -2.00. The van der Waals surface area contributed by atoms with Crippen molar-refractivity contribution in [1.82, 2.24) is 0 Å². The van der Waals surface area contributed by atoms with Gasteiger partial charge in [-0.2, -0.15) is 0 Å². The van der Waals surface area contributed by atoms with E-state index in [1.165, 1.54) is 11.6 Å². The molecule has 0 aromatic heterocycles. The third-order valence-electron chi connectivity index (χ3n) is 3.24. The van der Waals surface area contributed by atoms with Gasteiger partial charge in [0, 0.05) is 13.1 Å². The molecule has 0 aliphatic rings. The van der Waals surface area contributed by atoms with E-state index in [4.69, 9.17) is 4.74 Å². The van der Waals surface area contributed by atoms with Crippen LogP contribution in [-0.4, -0.2) is 12.0 Å². The number of hydrogen-bond acceptors (Lipinski definition) is 4. The zero-order valence-corrected chi connectivity index (χ0v) is 12.1. The van der Waals surface area contributed by atoms with E-state index in [0.29, 0.717) is 12.3 Å². The van der Waals surface area contributed by atoms with Crippen LogP contribution in [0.15, 0.2) is 42.5 Å². The van der Waals surface area contributed by atoms with Crippen molar-refractivity contribution in [3.8, 4) is 5.75 Å². The molecule has 21 heavy (non-hydrogen) atoms. The zero-order valence-electron chi connectivity index (χ0n) is 12.1. The average Bonchev–Trinajstić information content (AvgIpc) is 2.52. The minimum absolute atomic E-state index is 0.0564. The van der Waals surface area contributed by atoms with Crippen LogP contribution < -0.4 is 10.1 Å². The molecule has 2 aromatic carbocycles.